The van der Waals surface area contributed by atoms with E-state index >= 15 is 0 Å². The molecule has 4 nitrogen and oxygen atoms in total. The number of aromatic nitrogens is 3. The zero-order valence-corrected chi connectivity index (χ0v) is 13.4. The number of imidazole rings is 1. The minimum Gasteiger partial charge on any atom is -0.328 e. The highest BCUT2D eigenvalue weighted by molar-refractivity contribution is 7.84. The van der Waals surface area contributed by atoms with Gasteiger partial charge in [0.1, 0.15) is 11.3 Å². The zero-order chi connectivity index (χ0) is 14.5. The van der Waals surface area contributed by atoms with E-state index in [2.05, 4.69) is 28.4 Å². The van der Waals surface area contributed by atoms with E-state index in [-0.39, 0.29) is 0 Å². The van der Waals surface area contributed by atoms with Gasteiger partial charge in [0, 0.05) is 42.0 Å². The second-order valence-corrected chi connectivity index (χ2v) is 6.75. The molecule has 2 aromatic heterocycles. The average Bonchev–Trinajstić information content (AvgIpc) is 2.77. The maximum atomic E-state index is 11.0. The van der Waals surface area contributed by atoms with E-state index < -0.39 is 10.8 Å². The van der Waals surface area contributed by atoms with Crippen LogP contribution in [0.15, 0.2) is 12.4 Å². The van der Waals surface area contributed by atoms with Gasteiger partial charge in [0.05, 0.1) is 11.7 Å². The average molecular weight is 293 g/mol. The van der Waals surface area contributed by atoms with Crippen molar-refractivity contribution in [1.82, 2.24) is 14.5 Å². The third-order valence-electron chi connectivity index (χ3n) is 3.54. The zero-order valence-electron chi connectivity index (χ0n) is 12.6. The first-order valence-electron chi connectivity index (χ1n) is 7.23. The number of aryl methyl sites for hydroxylation is 3. The van der Waals surface area contributed by atoms with Crippen LogP contribution >= 0.6 is 0 Å². The van der Waals surface area contributed by atoms with Gasteiger partial charge >= 0.3 is 0 Å². The Bertz CT molecular complexity index is 606. The molecule has 0 spiro atoms. The summed E-state index contributed by atoms with van der Waals surface area (Å²) in [6, 6.07) is 0. The van der Waals surface area contributed by atoms with Crippen LogP contribution in [0, 0.1) is 6.92 Å². The Morgan fingerprint density at radius 2 is 2.05 bits per heavy atom. The standard InChI is InChI=1S/C15H23N3OS/c1-4-14-17-13-11-16-10-12(2)15(13)18(14)8-6-5-7-9-20(3)19/h10-11H,4-9H2,1-3H3. The summed E-state index contributed by atoms with van der Waals surface area (Å²) >= 11 is 0. The molecule has 0 bridgehead atoms. The molecule has 0 aliphatic rings. The lowest BCUT2D eigenvalue weighted by molar-refractivity contribution is 0.593. The lowest BCUT2D eigenvalue weighted by atomic mass is 10.2. The van der Waals surface area contributed by atoms with E-state index in [0.717, 1.165) is 49.3 Å². The van der Waals surface area contributed by atoms with Gasteiger partial charge in [0.15, 0.2) is 0 Å². The summed E-state index contributed by atoms with van der Waals surface area (Å²) in [5.41, 5.74) is 3.40. The van der Waals surface area contributed by atoms with Crippen molar-refractivity contribution < 1.29 is 4.21 Å². The summed E-state index contributed by atoms with van der Waals surface area (Å²) in [7, 11) is -0.665. The van der Waals surface area contributed by atoms with Gasteiger partial charge in [0.2, 0.25) is 0 Å². The molecule has 110 valence electrons. The van der Waals surface area contributed by atoms with Crippen LogP contribution in [0.25, 0.3) is 11.0 Å². The SMILES string of the molecule is CCc1nc2cncc(C)c2n1CCCCCS(C)=O. The van der Waals surface area contributed by atoms with Crippen LogP contribution in [0.4, 0.5) is 0 Å². The van der Waals surface area contributed by atoms with Crippen molar-refractivity contribution >= 4 is 21.8 Å². The van der Waals surface area contributed by atoms with Gasteiger partial charge in [-0.1, -0.05) is 13.3 Å². The molecule has 0 saturated heterocycles. The maximum absolute atomic E-state index is 11.0. The van der Waals surface area contributed by atoms with Gasteiger partial charge in [0.25, 0.3) is 0 Å². The molecule has 2 rings (SSSR count). The van der Waals surface area contributed by atoms with Crippen molar-refractivity contribution in [2.75, 3.05) is 12.0 Å². The van der Waals surface area contributed by atoms with Crippen LogP contribution in [0.3, 0.4) is 0 Å². The van der Waals surface area contributed by atoms with Crippen molar-refractivity contribution in [3.63, 3.8) is 0 Å². The number of rotatable bonds is 7. The van der Waals surface area contributed by atoms with Crippen molar-refractivity contribution in [1.29, 1.82) is 0 Å². The van der Waals surface area contributed by atoms with Gasteiger partial charge in [-0.25, -0.2) is 4.98 Å². The first kappa shape index (κ1) is 15.2. The van der Waals surface area contributed by atoms with Gasteiger partial charge in [-0.15, -0.1) is 0 Å². The Labute approximate surface area is 123 Å². The van der Waals surface area contributed by atoms with E-state index in [1.807, 2.05) is 12.4 Å². The largest absolute Gasteiger partial charge is 0.328 e. The number of unbranched alkanes of at least 4 members (excludes halogenated alkanes) is 2. The summed E-state index contributed by atoms with van der Waals surface area (Å²) in [5.74, 6) is 1.95. The van der Waals surface area contributed by atoms with Crippen molar-refractivity contribution in [3.05, 3.63) is 23.8 Å². The normalized spacial score (nSPS) is 12.9. The summed E-state index contributed by atoms with van der Waals surface area (Å²) in [5, 5.41) is 0. The van der Waals surface area contributed by atoms with Crippen LogP contribution in [0.5, 0.6) is 0 Å². The fourth-order valence-corrected chi connectivity index (χ4v) is 3.18. The number of hydrogen-bond donors (Lipinski definition) is 0. The van der Waals surface area contributed by atoms with E-state index in [9.17, 15) is 4.21 Å². The maximum Gasteiger partial charge on any atom is 0.109 e. The van der Waals surface area contributed by atoms with Gasteiger partial charge in [-0.05, 0) is 25.3 Å². The molecule has 0 radical (unpaired) electrons. The Morgan fingerprint density at radius 3 is 2.75 bits per heavy atom. The monoisotopic (exact) mass is 293 g/mol. The minimum atomic E-state index is -0.665. The number of nitrogens with zero attached hydrogens (tertiary/aromatic N) is 3. The summed E-state index contributed by atoms with van der Waals surface area (Å²) < 4.78 is 13.4. The first-order chi connectivity index (χ1) is 9.63. The van der Waals surface area contributed by atoms with Gasteiger partial charge in [-0.3, -0.25) is 9.19 Å². The second kappa shape index (κ2) is 6.97. The third-order valence-corrected chi connectivity index (χ3v) is 4.41. The fourth-order valence-electron chi connectivity index (χ4n) is 2.57. The summed E-state index contributed by atoms with van der Waals surface area (Å²) in [6.07, 6.45) is 9.72. The van der Waals surface area contributed by atoms with Crippen molar-refractivity contribution in [2.24, 2.45) is 0 Å². The van der Waals surface area contributed by atoms with Gasteiger partial charge in [-0.2, -0.15) is 0 Å². The van der Waals surface area contributed by atoms with Crippen LogP contribution in [-0.2, 0) is 23.8 Å². The quantitative estimate of drug-likeness (QED) is 0.738. The Morgan fingerprint density at radius 1 is 1.25 bits per heavy atom. The molecule has 0 aromatic carbocycles. The van der Waals surface area contributed by atoms with Crippen LogP contribution < -0.4 is 0 Å². The predicted molar refractivity (Wildman–Crippen MR) is 84.4 cm³/mol. The Hall–Kier alpha value is -1.23. The molecule has 2 aromatic rings. The molecule has 1 atom stereocenters. The minimum absolute atomic E-state index is 0.665. The molecule has 0 aliphatic carbocycles. The third kappa shape index (κ3) is 3.45. The molecule has 0 amide bonds. The fraction of sp³-hybridized carbons (Fsp3) is 0.600. The lowest BCUT2D eigenvalue weighted by Gasteiger charge is -2.09. The molecule has 0 saturated carbocycles. The highest BCUT2D eigenvalue weighted by Crippen LogP contribution is 2.20. The van der Waals surface area contributed by atoms with E-state index in [0.29, 0.717) is 0 Å². The van der Waals surface area contributed by atoms with E-state index in [4.69, 9.17) is 0 Å². The lowest BCUT2D eigenvalue weighted by Crippen LogP contribution is -2.04. The number of hydrogen-bond acceptors (Lipinski definition) is 3. The van der Waals surface area contributed by atoms with Crippen molar-refractivity contribution in [2.45, 2.75) is 46.1 Å². The Balaban J connectivity index is 2.10. The number of fused-ring (bicyclic) bond motifs is 1. The molecule has 1 unspecified atom stereocenters. The molecule has 5 heteroatoms. The van der Waals surface area contributed by atoms with Crippen LogP contribution in [0.2, 0.25) is 0 Å². The van der Waals surface area contributed by atoms with Crippen LogP contribution in [0.1, 0.15) is 37.6 Å². The number of pyridine rings is 1. The van der Waals surface area contributed by atoms with E-state index in [1.54, 1.807) is 6.26 Å². The van der Waals surface area contributed by atoms with Crippen molar-refractivity contribution in [3.8, 4) is 0 Å². The molecule has 20 heavy (non-hydrogen) atoms. The highest BCUT2D eigenvalue weighted by Gasteiger charge is 2.11. The molecular formula is C15H23N3OS. The first-order valence-corrected chi connectivity index (χ1v) is 8.96. The molecular weight excluding hydrogens is 270 g/mol. The smallest absolute Gasteiger partial charge is 0.109 e. The van der Waals surface area contributed by atoms with Crippen LogP contribution in [-0.4, -0.2) is 30.8 Å². The molecule has 0 N–H and O–H groups in total. The molecule has 0 aliphatic heterocycles. The van der Waals surface area contributed by atoms with Gasteiger partial charge < -0.3 is 4.57 Å². The highest BCUT2D eigenvalue weighted by atomic mass is 32.2. The van der Waals surface area contributed by atoms with E-state index in [1.165, 1.54) is 11.1 Å². The molecule has 0 fully saturated rings. The predicted octanol–water partition coefficient (Wildman–Crippen LogP) is 2.85. The topological polar surface area (TPSA) is 47.8 Å². The Kier molecular flexibility index (Phi) is 5.29. The summed E-state index contributed by atoms with van der Waals surface area (Å²) in [4.78, 5) is 8.89. The summed E-state index contributed by atoms with van der Waals surface area (Å²) in [6.45, 7) is 5.22. The second-order valence-electron chi connectivity index (χ2n) is 5.20. The molecule has 2 heterocycles.